The normalized spacial score (nSPS) is 12.1. The second-order valence-electron chi connectivity index (χ2n) is 19.1. The van der Waals surface area contributed by atoms with Crippen LogP contribution in [0, 0.1) is 34.0 Å². The van der Waals surface area contributed by atoms with Crippen LogP contribution in [0.25, 0.3) is 93.6 Å². The molecule has 3 heterocycles. The van der Waals surface area contributed by atoms with E-state index in [0.717, 1.165) is 71.0 Å². The van der Waals surface area contributed by atoms with Gasteiger partial charge >= 0.3 is 0 Å². The molecule has 0 N–H and O–H groups in total. The predicted octanol–water partition coefficient (Wildman–Crippen LogP) is 14.9. The Morgan fingerprint density at radius 2 is 0.692 bits per heavy atom. The van der Waals surface area contributed by atoms with Crippen LogP contribution in [0.2, 0.25) is 0 Å². The number of rotatable bonds is 4. The number of hydrogen-bond donors (Lipinski definition) is 0. The van der Waals surface area contributed by atoms with Crippen LogP contribution in [-0.2, 0) is 10.8 Å². The summed E-state index contributed by atoms with van der Waals surface area (Å²) in [6, 6.07) is 62.0. The lowest BCUT2D eigenvalue weighted by Crippen LogP contribution is -2.14. The highest BCUT2D eigenvalue weighted by molar-refractivity contribution is 6.15. The average molecular weight is 837 g/mol. The fraction of sp³-hybridized carbons (Fsp3) is 0.136. The van der Waals surface area contributed by atoms with E-state index in [1.807, 2.05) is 48.5 Å². The Morgan fingerprint density at radius 1 is 0.354 bits per heavy atom. The van der Waals surface area contributed by atoms with Gasteiger partial charge in [0.1, 0.15) is 23.3 Å². The van der Waals surface area contributed by atoms with Crippen molar-refractivity contribution in [2.45, 2.75) is 52.4 Å². The lowest BCUT2D eigenvalue weighted by atomic mass is 9.85. The van der Waals surface area contributed by atoms with Crippen molar-refractivity contribution in [3.05, 3.63) is 186 Å². The molecule has 11 rings (SSSR count). The molecule has 0 fully saturated rings. The zero-order chi connectivity index (χ0) is 44.9. The molecule has 0 unspecified atom stereocenters. The molecular formula is C59H44N6. The number of nitriles is 3. The van der Waals surface area contributed by atoms with E-state index in [4.69, 9.17) is 0 Å². The minimum Gasteiger partial charge on any atom is -0.307 e. The Hall–Kier alpha value is -8.37. The first-order valence-electron chi connectivity index (χ1n) is 22.0. The highest BCUT2D eigenvalue weighted by atomic mass is 15.1. The number of benzene rings is 8. The molecule has 6 nitrogen and oxygen atoms in total. The van der Waals surface area contributed by atoms with Crippen LogP contribution in [0.15, 0.2) is 158 Å². The molecule has 0 amide bonds. The molecule has 11 aromatic rings. The van der Waals surface area contributed by atoms with E-state index in [2.05, 4.69) is 183 Å². The van der Waals surface area contributed by atoms with Crippen molar-refractivity contribution >= 4 is 65.4 Å². The van der Waals surface area contributed by atoms with E-state index in [1.54, 1.807) is 0 Å². The summed E-state index contributed by atoms with van der Waals surface area (Å²) in [5, 5.41) is 40.5. The van der Waals surface area contributed by atoms with Gasteiger partial charge in [0.25, 0.3) is 0 Å². The van der Waals surface area contributed by atoms with Crippen LogP contribution >= 0.6 is 0 Å². The van der Waals surface area contributed by atoms with Crippen LogP contribution in [-0.4, -0.2) is 13.7 Å². The molecule has 0 aliphatic heterocycles. The summed E-state index contributed by atoms with van der Waals surface area (Å²) in [5.41, 5.74) is 12.1. The van der Waals surface area contributed by atoms with Crippen molar-refractivity contribution in [1.29, 1.82) is 15.8 Å². The molecule has 6 heteroatoms. The van der Waals surface area contributed by atoms with Crippen LogP contribution in [0.3, 0.4) is 0 Å². The lowest BCUT2D eigenvalue weighted by molar-refractivity contribution is 0.590. The van der Waals surface area contributed by atoms with Gasteiger partial charge in [-0.2, -0.15) is 15.8 Å². The molecule has 0 radical (unpaired) electrons. The monoisotopic (exact) mass is 836 g/mol. The molecule has 0 saturated heterocycles. The third-order valence-electron chi connectivity index (χ3n) is 13.3. The number of nitrogens with zero attached hydrogens (tertiary/aromatic N) is 6. The Kier molecular flexibility index (Phi) is 8.70. The van der Waals surface area contributed by atoms with Crippen LogP contribution in [0.1, 0.15) is 69.4 Å². The lowest BCUT2D eigenvalue weighted by Gasteiger charge is -2.26. The molecule has 310 valence electrons. The van der Waals surface area contributed by atoms with Gasteiger partial charge in [0.15, 0.2) is 0 Å². The Balaban J connectivity index is 1.46. The van der Waals surface area contributed by atoms with E-state index in [0.29, 0.717) is 39.3 Å². The summed E-state index contributed by atoms with van der Waals surface area (Å²) in [7, 11) is 0. The number of aromatic nitrogens is 3. The maximum Gasteiger partial charge on any atom is 0.104 e. The van der Waals surface area contributed by atoms with Gasteiger partial charge in [0.05, 0.1) is 61.8 Å². The van der Waals surface area contributed by atoms with Gasteiger partial charge in [-0.25, -0.2) is 0 Å². The Labute approximate surface area is 377 Å². The van der Waals surface area contributed by atoms with Gasteiger partial charge < -0.3 is 13.7 Å². The highest BCUT2D eigenvalue weighted by Gasteiger charge is 2.33. The van der Waals surface area contributed by atoms with E-state index in [1.165, 1.54) is 11.1 Å². The van der Waals surface area contributed by atoms with E-state index in [-0.39, 0.29) is 10.8 Å². The van der Waals surface area contributed by atoms with Gasteiger partial charge in [0, 0.05) is 37.9 Å². The van der Waals surface area contributed by atoms with E-state index in [9.17, 15) is 15.8 Å². The minimum absolute atomic E-state index is 0.129. The van der Waals surface area contributed by atoms with Gasteiger partial charge in [-0.05, 0) is 88.2 Å². The Bertz CT molecular complexity index is 3600. The first-order chi connectivity index (χ1) is 31.4. The first-order valence-corrected chi connectivity index (χ1v) is 22.0. The summed E-state index contributed by atoms with van der Waals surface area (Å²) in [6.45, 7) is 13.4. The summed E-state index contributed by atoms with van der Waals surface area (Å²) in [6.07, 6.45) is 0. The fourth-order valence-corrected chi connectivity index (χ4v) is 10.1. The molecular weight excluding hydrogens is 793 g/mol. The molecule has 0 aliphatic rings. The van der Waals surface area contributed by atoms with Crippen molar-refractivity contribution < 1.29 is 0 Å². The van der Waals surface area contributed by atoms with Gasteiger partial charge in [0.2, 0.25) is 0 Å². The minimum atomic E-state index is -0.129. The Morgan fingerprint density at radius 3 is 1.03 bits per heavy atom. The van der Waals surface area contributed by atoms with Crippen LogP contribution in [0.5, 0.6) is 0 Å². The number of fused-ring (bicyclic) bond motifs is 9. The first kappa shape index (κ1) is 39.5. The summed E-state index contributed by atoms with van der Waals surface area (Å²) < 4.78 is 6.63. The van der Waals surface area contributed by atoms with Crippen LogP contribution in [0.4, 0.5) is 0 Å². The smallest absolute Gasteiger partial charge is 0.104 e. The molecule has 0 bridgehead atoms. The van der Waals surface area contributed by atoms with Crippen molar-refractivity contribution in [1.82, 2.24) is 13.7 Å². The van der Waals surface area contributed by atoms with Gasteiger partial charge in [-0.1, -0.05) is 139 Å². The topological polar surface area (TPSA) is 86.2 Å². The van der Waals surface area contributed by atoms with Crippen LogP contribution < -0.4 is 0 Å². The maximum absolute atomic E-state index is 12.1. The summed E-state index contributed by atoms with van der Waals surface area (Å²) in [4.78, 5) is 0. The van der Waals surface area contributed by atoms with Crippen molar-refractivity contribution in [2.75, 3.05) is 0 Å². The molecule has 0 spiro atoms. The fourth-order valence-electron chi connectivity index (χ4n) is 10.1. The molecule has 65 heavy (non-hydrogen) atoms. The maximum atomic E-state index is 12.1. The third kappa shape index (κ3) is 5.83. The largest absolute Gasteiger partial charge is 0.307 e. The number of para-hydroxylation sites is 4. The zero-order valence-electron chi connectivity index (χ0n) is 37.2. The summed E-state index contributed by atoms with van der Waals surface area (Å²) in [5.74, 6) is 0. The predicted molar refractivity (Wildman–Crippen MR) is 266 cm³/mol. The van der Waals surface area contributed by atoms with E-state index >= 15 is 0 Å². The quantitative estimate of drug-likeness (QED) is 0.177. The molecule has 0 saturated carbocycles. The molecule has 0 aliphatic carbocycles. The molecule has 8 aromatic carbocycles. The standard InChI is InChI=1S/C59H44N6/c1-58(2,3)38-27-29-52-44(31-38)45-32-39(59(4,5)6)28-30-53(45)63(52)55-46(34-61)56(64-48-19-11-7-15-40(48)41-16-8-12-20-49(41)64)54(37-25-23-36(33-60)24-26-37)57(47(55)35-62)65-50-21-13-9-17-42(50)43-18-10-14-22-51(43)65/h7-32H,1-6H3. The molecule has 0 atom stereocenters. The van der Waals surface area contributed by atoms with Crippen molar-refractivity contribution in [3.8, 4) is 46.4 Å². The summed E-state index contributed by atoms with van der Waals surface area (Å²) >= 11 is 0. The van der Waals surface area contributed by atoms with E-state index < -0.39 is 0 Å². The van der Waals surface area contributed by atoms with Crippen molar-refractivity contribution in [2.24, 2.45) is 0 Å². The zero-order valence-corrected chi connectivity index (χ0v) is 37.2. The SMILES string of the molecule is CC(C)(C)c1ccc2c(c1)c1cc(C(C)(C)C)ccc1n2-c1c(C#N)c(-n2c3ccccc3c3ccccc32)c(-c2ccc(C#N)cc2)c(-n2c3ccccc3c3ccccc32)c1C#N. The van der Waals surface area contributed by atoms with Gasteiger partial charge in [-0.15, -0.1) is 0 Å². The highest BCUT2D eigenvalue weighted by Crippen LogP contribution is 2.49. The molecule has 3 aromatic heterocycles. The second-order valence-corrected chi connectivity index (χ2v) is 19.1. The second kappa shape index (κ2) is 14.3. The average Bonchev–Trinajstić information content (AvgIpc) is 3.95. The van der Waals surface area contributed by atoms with Gasteiger partial charge in [-0.3, -0.25) is 0 Å². The number of hydrogen-bond acceptors (Lipinski definition) is 3. The third-order valence-corrected chi connectivity index (χ3v) is 13.3. The van der Waals surface area contributed by atoms with Crippen molar-refractivity contribution in [3.63, 3.8) is 0 Å².